The zero-order chi connectivity index (χ0) is 9.03. The molecule has 0 saturated carbocycles. The Bertz CT molecular complexity index is 355. The molecule has 1 unspecified atom stereocenters. The first-order valence-corrected chi connectivity index (χ1v) is 5.50. The lowest BCUT2D eigenvalue weighted by atomic mass is 10.4. The lowest BCUT2D eigenvalue weighted by Gasteiger charge is -2.03. The summed E-state index contributed by atoms with van der Waals surface area (Å²) in [4.78, 5) is 9.93. The lowest BCUT2D eigenvalue weighted by molar-refractivity contribution is 0.563. The van der Waals surface area contributed by atoms with Crippen molar-refractivity contribution >= 4 is 18.7 Å². The molecule has 1 aromatic rings. The van der Waals surface area contributed by atoms with Gasteiger partial charge in [0.1, 0.15) is 0 Å². The predicted molar refractivity (Wildman–Crippen MR) is 47.7 cm³/mol. The highest BCUT2D eigenvalue weighted by Gasteiger charge is 2.15. The van der Waals surface area contributed by atoms with Gasteiger partial charge in [0.05, 0.1) is 0 Å². The lowest BCUT2D eigenvalue weighted by Crippen LogP contribution is -1.99. The maximum Gasteiger partial charge on any atom is 0.242 e. The van der Waals surface area contributed by atoms with Gasteiger partial charge in [-0.05, 0) is 12.1 Å². The summed E-state index contributed by atoms with van der Waals surface area (Å²) in [5.41, 5.74) is 0. The molecule has 0 aromatic heterocycles. The molecular formula is C8H8NO2P. The van der Waals surface area contributed by atoms with Crippen molar-refractivity contribution in [3.63, 3.8) is 0 Å². The Balaban J connectivity index is 3.15. The van der Waals surface area contributed by atoms with Gasteiger partial charge in [-0.25, -0.2) is 4.79 Å². The smallest absolute Gasteiger partial charge is 0.242 e. The summed E-state index contributed by atoms with van der Waals surface area (Å²) in [5, 5.41) is 0.577. The van der Waals surface area contributed by atoms with Gasteiger partial charge in [0.2, 0.25) is 13.4 Å². The highest BCUT2D eigenvalue weighted by Crippen LogP contribution is 2.40. The molecule has 0 aliphatic heterocycles. The van der Waals surface area contributed by atoms with Gasteiger partial charge in [0.15, 0.2) is 0 Å². The Morgan fingerprint density at radius 3 is 2.42 bits per heavy atom. The number of rotatable bonds is 2. The number of nitrogens with zero attached hydrogens (tertiary/aromatic N) is 1. The fourth-order valence-corrected chi connectivity index (χ4v) is 1.84. The molecule has 0 N–H and O–H groups in total. The van der Waals surface area contributed by atoms with Gasteiger partial charge in [-0.15, -0.1) is 4.76 Å². The van der Waals surface area contributed by atoms with Crippen LogP contribution >= 0.6 is 7.29 Å². The van der Waals surface area contributed by atoms with Crippen LogP contribution in [-0.4, -0.2) is 12.7 Å². The fourth-order valence-electron chi connectivity index (χ4n) is 0.840. The number of benzene rings is 1. The summed E-state index contributed by atoms with van der Waals surface area (Å²) < 4.78 is 14.9. The maximum absolute atomic E-state index is 11.6. The van der Waals surface area contributed by atoms with Crippen LogP contribution in [0.15, 0.2) is 35.1 Å². The summed E-state index contributed by atoms with van der Waals surface area (Å²) in [6.45, 7) is 1.44. The Hall–Kier alpha value is -1.17. The molecular weight excluding hydrogens is 173 g/mol. The zero-order valence-corrected chi connectivity index (χ0v) is 7.49. The minimum atomic E-state index is -2.84. The molecule has 0 aliphatic rings. The van der Waals surface area contributed by atoms with Crippen molar-refractivity contribution in [1.82, 2.24) is 0 Å². The van der Waals surface area contributed by atoms with E-state index in [1.807, 2.05) is 6.07 Å². The summed E-state index contributed by atoms with van der Waals surface area (Å²) in [6, 6.07) is 8.69. The average molecular weight is 181 g/mol. The molecule has 4 heteroatoms. The molecule has 1 atom stereocenters. The van der Waals surface area contributed by atoms with Gasteiger partial charge < -0.3 is 0 Å². The predicted octanol–water partition coefficient (Wildman–Crippen LogP) is 1.56. The van der Waals surface area contributed by atoms with E-state index < -0.39 is 7.29 Å². The number of hydrogen-bond acceptors (Lipinski definition) is 2. The summed E-state index contributed by atoms with van der Waals surface area (Å²) in [7, 11) is -2.84. The molecule has 12 heavy (non-hydrogen) atoms. The second-order valence-corrected chi connectivity index (χ2v) is 4.88. The van der Waals surface area contributed by atoms with Gasteiger partial charge in [0.25, 0.3) is 0 Å². The second kappa shape index (κ2) is 3.48. The van der Waals surface area contributed by atoms with E-state index in [1.165, 1.54) is 12.7 Å². The minimum absolute atomic E-state index is 0.577. The summed E-state index contributed by atoms with van der Waals surface area (Å²) >= 11 is 0. The number of hydrogen-bond donors (Lipinski definition) is 0. The van der Waals surface area contributed by atoms with Crippen LogP contribution in [0.4, 0.5) is 0 Å². The topological polar surface area (TPSA) is 46.5 Å². The molecule has 0 fully saturated rings. The van der Waals surface area contributed by atoms with Crippen molar-refractivity contribution in [2.45, 2.75) is 0 Å². The van der Waals surface area contributed by atoms with E-state index in [1.54, 1.807) is 24.3 Å². The number of carbonyl (C=O) groups excluding carboxylic acids is 1. The first kappa shape index (κ1) is 8.92. The first-order chi connectivity index (χ1) is 5.67. The van der Waals surface area contributed by atoms with Crippen LogP contribution in [0.3, 0.4) is 0 Å². The van der Waals surface area contributed by atoms with Gasteiger partial charge in [-0.3, -0.25) is 4.57 Å². The molecule has 62 valence electrons. The average Bonchev–Trinajstić information content (AvgIpc) is 2.06. The van der Waals surface area contributed by atoms with E-state index >= 15 is 0 Å². The van der Waals surface area contributed by atoms with Crippen LogP contribution < -0.4 is 5.30 Å². The molecule has 0 spiro atoms. The fraction of sp³-hybridized carbons (Fsp3) is 0.125. The molecule has 0 amide bonds. The van der Waals surface area contributed by atoms with Gasteiger partial charge in [0, 0.05) is 12.0 Å². The third-order valence-electron chi connectivity index (χ3n) is 1.47. The van der Waals surface area contributed by atoms with Crippen molar-refractivity contribution in [3.05, 3.63) is 30.3 Å². The minimum Gasteiger partial charge on any atom is -0.293 e. The normalized spacial score (nSPS) is 14.4. The molecule has 0 heterocycles. The van der Waals surface area contributed by atoms with Crippen LogP contribution in [0.1, 0.15) is 0 Å². The zero-order valence-electron chi connectivity index (χ0n) is 6.60. The quantitative estimate of drug-likeness (QED) is 0.394. The van der Waals surface area contributed by atoms with E-state index in [2.05, 4.69) is 4.76 Å². The number of isocyanates is 1. The largest absolute Gasteiger partial charge is 0.293 e. The highest BCUT2D eigenvalue weighted by atomic mass is 31.2. The van der Waals surface area contributed by atoms with Crippen molar-refractivity contribution < 1.29 is 9.36 Å². The van der Waals surface area contributed by atoms with E-state index in [0.29, 0.717) is 5.30 Å². The van der Waals surface area contributed by atoms with Crippen molar-refractivity contribution in [1.29, 1.82) is 0 Å². The van der Waals surface area contributed by atoms with Gasteiger partial charge in [-0.1, -0.05) is 18.2 Å². The molecule has 1 aromatic carbocycles. The van der Waals surface area contributed by atoms with Crippen LogP contribution in [0.2, 0.25) is 0 Å². The van der Waals surface area contributed by atoms with E-state index in [0.717, 1.165) is 0 Å². The molecule has 0 bridgehead atoms. The van der Waals surface area contributed by atoms with Crippen LogP contribution in [-0.2, 0) is 9.36 Å². The molecule has 0 saturated heterocycles. The summed E-state index contributed by atoms with van der Waals surface area (Å²) in [6.07, 6.45) is 1.32. The van der Waals surface area contributed by atoms with E-state index in [9.17, 15) is 9.36 Å². The van der Waals surface area contributed by atoms with E-state index in [4.69, 9.17) is 0 Å². The molecule has 0 radical (unpaired) electrons. The Kier molecular flexibility index (Phi) is 2.59. The first-order valence-electron chi connectivity index (χ1n) is 3.39. The Morgan fingerprint density at radius 1 is 1.33 bits per heavy atom. The molecule has 3 nitrogen and oxygen atoms in total. The van der Waals surface area contributed by atoms with Crippen LogP contribution in [0, 0.1) is 0 Å². The summed E-state index contributed by atoms with van der Waals surface area (Å²) in [5.74, 6) is 0. The van der Waals surface area contributed by atoms with Crippen molar-refractivity contribution in [2.24, 2.45) is 4.76 Å². The standard InChI is InChI=1S/C8H8NO2P/c1-12(11,9-7-10)8-5-3-2-4-6-8/h2-6H,1H3. The van der Waals surface area contributed by atoms with Crippen molar-refractivity contribution in [3.8, 4) is 0 Å². The van der Waals surface area contributed by atoms with Crippen LogP contribution in [0.25, 0.3) is 0 Å². The van der Waals surface area contributed by atoms with Crippen molar-refractivity contribution in [2.75, 3.05) is 6.66 Å². The third-order valence-corrected chi connectivity index (χ3v) is 3.19. The van der Waals surface area contributed by atoms with Gasteiger partial charge >= 0.3 is 0 Å². The Labute approximate surface area is 70.6 Å². The highest BCUT2D eigenvalue weighted by molar-refractivity contribution is 7.69. The Morgan fingerprint density at radius 2 is 1.92 bits per heavy atom. The maximum atomic E-state index is 11.6. The van der Waals surface area contributed by atoms with E-state index in [-0.39, 0.29) is 0 Å². The monoisotopic (exact) mass is 181 g/mol. The molecule has 1 rings (SSSR count). The van der Waals surface area contributed by atoms with Crippen LogP contribution in [0.5, 0.6) is 0 Å². The van der Waals surface area contributed by atoms with Gasteiger partial charge in [-0.2, -0.15) is 0 Å². The molecule has 0 aliphatic carbocycles. The SMILES string of the molecule is CP(=O)(N=C=O)c1ccccc1. The third kappa shape index (κ3) is 1.91. The second-order valence-electron chi connectivity index (χ2n) is 2.41.